The first-order chi connectivity index (χ1) is 9.58. The Morgan fingerprint density at radius 2 is 1.75 bits per heavy atom. The van der Waals surface area contributed by atoms with Crippen LogP contribution in [0.5, 0.6) is 0 Å². The van der Waals surface area contributed by atoms with Gasteiger partial charge in [-0.15, -0.1) is 0 Å². The van der Waals surface area contributed by atoms with Crippen molar-refractivity contribution in [2.24, 2.45) is 12.8 Å². The van der Waals surface area contributed by atoms with Gasteiger partial charge in [0.1, 0.15) is 0 Å². The zero-order valence-corrected chi connectivity index (χ0v) is 11.6. The first-order valence-corrected chi connectivity index (χ1v) is 6.53. The molecular weight excluding hydrogens is 248 g/mol. The molecule has 0 saturated carbocycles. The van der Waals surface area contributed by atoms with E-state index in [0.717, 1.165) is 17.0 Å². The van der Waals surface area contributed by atoms with E-state index in [1.54, 1.807) is 0 Å². The molecule has 0 atom stereocenters. The summed E-state index contributed by atoms with van der Waals surface area (Å²) in [7, 11) is 1.95. The van der Waals surface area contributed by atoms with Crippen LogP contribution in [-0.2, 0) is 7.05 Å². The Hall–Kier alpha value is -2.55. The average molecular weight is 264 g/mol. The predicted molar refractivity (Wildman–Crippen MR) is 81.6 cm³/mol. The summed E-state index contributed by atoms with van der Waals surface area (Å²) < 4.78 is 2.00. The lowest BCUT2D eigenvalue weighted by atomic mass is 10.0. The molecule has 3 aromatic rings. The van der Waals surface area contributed by atoms with E-state index in [2.05, 4.69) is 30.3 Å². The fraction of sp³-hybridized carbons (Fsp3) is 0.118. The van der Waals surface area contributed by atoms with Crippen molar-refractivity contribution in [3.63, 3.8) is 0 Å². The van der Waals surface area contributed by atoms with Crippen molar-refractivity contribution >= 4 is 16.7 Å². The zero-order chi connectivity index (χ0) is 14.3. The molecule has 0 aliphatic carbocycles. The van der Waals surface area contributed by atoms with E-state index >= 15 is 0 Å². The molecular formula is C17H16N2O. The second-order valence-electron chi connectivity index (χ2n) is 5.01. The van der Waals surface area contributed by atoms with Gasteiger partial charge in [-0.1, -0.05) is 36.4 Å². The molecule has 1 heterocycles. The molecule has 3 heteroatoms. The quantitative estimate of drug-likeness (QED) is 0.758. The maximum atomic E-state index is 11.4. The number of nitrogens with two attached hydrogens (primary N) is 1. The highest BCUT2D eigenvalue weighted by Crippen LogP contribution is 2.27. The lowest BCUT2D eigenvalue weighted by Gasteiger charge is -2.06. The van der Waals surface area contributed by atoms with Gasteiger partial charge >= 0.3 is 0 Å². The van der Waals surface area contributed by atoms with Gasteiger partial charge in [0.2, 0.25) is 0 Å². The summed E-state index contributed by atoms with van der Waals surface area (Å²) in [6.45, 7) is 1.91. The minimum absolute atomic E-state index is 0.384. The number of carbonyl (C=O) groups excluding carboxylic acids is 1. The minimum atomic E-state index is -0.384. The molecule has 3 rings (SSSR count). The number of nitrogens with zero attached hydrogens (tertiary/aromatic N) is 1. The maximum absolute atomic E-state index is 11.4. The predicted octanol–water partition coefficient (Wildman–Crippen LogP) is 3.25. The van der Waals surface area contributed by atoms with E-state index in [-0.39, 0.29) is 5.91 Å². The molecule has 2 aromatic carbocycles. The molecule has 100 valence electrons. The number of rotatable bonds is 2. The van der Waals surface area contributed by atoms with E-state index in [0.29, 0.717) is 5.56 Å². The number of amides is 1. The lowest BCUT2D eigenvalue weighted by molar-refractivity contribution is 0.0999. The molecule has 0 saturated heterocycles. The van der Waals surface area contributed by atoms with Crippen LogP contribution < -0.4 is 5.73 Å². The van der Waals surface area contributed by atoms with Gasteiger partial charge in [-0.05, 0) is 35.4 Å². The fourth-order valence-electron chi connectivity index (χ4n) is 2.57. The normalized spacial score (nSPS) is 10.9. The highest BCUT2D eigenvalue weighted by molar-refractivity contribution is 5.96. The molecule has 0 aliphatic rings. The third-order valence-electron chi connectivity index (χ3n) is 3.85. The number of primary amides is 1. The van der Waals surface area contributed by atoms with Crippen molar-refractivity contribution in [3.05, 3.63) is 59.8 Å². The van der Waals surface area contributed by atoms with Gasteiger partial charge in [-0.2, -0.15) is 0 Å². The van der Waals surface area contributed by atoms with Crippen LogP contribution in [0.15, 0.2) is 48.5 Å². The Morgan fingerprint density at radius 3 is 2.40 bits per heavy atom. The molecule has 0 aliphatic heterocycles. The number of aromatic nitrogens is 1. The van der Waals surface area contributed by atoms with Crippen LogP contribution in [-0.4, -0.2) is 10.5 Å². The number of hydrogen-bond donors (Lipinski definition) is 1. The van der Waals surface area contributed by atoms with Gasteiger partial charge in [-0.25, -0.2) is 0 Å². The van der Waals surface area contributed by atoms with Crippen molar-refractivity contribution in [1.82, 2.24) is 4.57 Å². The minimum Gasteiger partial charge on any atom is -0.366 e. The topological polar surface area (TPSA) is 48.0 Å². The highest BCUT2D eigenvalue weighted by atomic mass is 16.1. The standard InChI is InChI=1S/C17H16N2O/c1-11-15(17(18)20)10-16(19(11)2)14-8-7-12-5-3-4-6-13(12)9-14/h3-10H,1-2H3,(H2,18,20). The third-order valence-corrected chi connectivity index (χ3v) is 3.85. The lowest BCUT2D eigenvalue weighted by Crippen LogP contribution is -2.11. The van der Waals surface area contributed by atoms with Gasteiger partial charge in [-0.3, -0.25) is 4.79 Å². The number of benzene rings is 2. The zero-order valence-electron chi connectivity index (χ0n) is 11.6. The van der Waals surface area contributed by atoms with E-state index in [4.69, 9.17) is 5.73 Å². The van der Waals surface area contributed by atoms with Crippen LogP contribution in [0.25, 0.3) is 22.0 Å². The SMILES string of the molecule is Cc1c(C(N)=O)cc(-c2ccc3ccccc3c2)n1C. The maximum Gasteiger partial charge on any atom is 0.250 e. The second kappa shape index (κ2) is 4.53. The van der Waals surface area contributed by atoms with Gasteiger partial charge < -0.3 is 10.3 Å². The summed E-state index contributed by atoms with van der Waals surface area (Å²) in [4.78, 5) is 11.4. The monoisotopic (exact) mass is 264 g/mol. The summed E-state index contributed by atoms with van der Waals surface area (Å²) in [6, 6.07) is 16.4. The van der Waals surface area contributed by atoms with E-state index < -0.39 is 0 Å². The van der Waals surface area contributed by atoms with Crippen molar-refractivity contribution in [3.8, 4) is 11.3 Å². The summed E-state index contributed by atoms with van der Waals surface area (Å²) in [6.07, 6.45) is 0. The van der Waals surface area contributed by atoms with Crippen LogP contribution in [0, 0.1) is 6.92 Å². The van der Waals surface area contributed by atoms with E-state index in [1.165, 1.54) is 10.8 Å². The third kappa shape index (κ3) is 1.88. The summed E-state index contributed by atoms with van der Waals surface area (Å²) in [5.74, 6) is -0.384. The van der Waals surface area contributed by atoms with Crippen molar-refractivity contribution in [2.45, 2.75) is 6.92 Å². The average Bonchev–Trinajstić information content (AvgIpc) is 2.75. The van der Waals surface area contributed by atoms with Gasteiger partial charge in [0.15, 0.2) is 0 Å². The highest BCUT2D eigenvalue weighted by Gasteiger charge is 2.14. The van der Waals surface area contributed by atoms with Gasteiger partial charge in [0.25, 0.3) is 5.91 Å². The molecule has 1 aromatic heterocycles. The number of carbonyl (C=O) groups is 1. The van der Waals surface area contributed by atoms with Gasteiger partial charge in [0, 0.05) is 18.4 Å². The van der Waals surface area contributed by atoms with Crippen LogP contribution in [0.2, 0.25) is 0 Å². The van der Waals surface area contributed by atoms with Crippen molar-refractivity contribution < 1.29 is 4.79 Å². The Morgan fingerprint density at radius 1 is 1.05 bits per heavy atom. The summed E-state index contributed by atoms with van der Waals surface area (Å²) >= 11 is 0. The van der Waals surface area contributed by atoms with E-state index in [9.17, 15) is 4.79 Å². The number of fused-ring (bicyclic) bond motifs is 1. The first kappa shape index (κ1) is 12.5. The summed E-state index contributed by atoms with van der Waals surface area (Å²) in [5.41, 5.74) is 8.97. The molecule has 0 bridgehead atoms. The Balaban J connectivity index is 2.20. The Bertz CT molecular complexity index is 815. The van der Waals surface area contributed by atoms with E-state index in [1.807, 2.05) is 36.7 Å². The van der Waals surface area contributed by atoms with Crippen molar-refractivity contribution in [2.75, 3.05) is 0 Å². The Labute approximate surface area is 117 Å². The van der Waals surface area contributed by atoms with Gasteiger partial charge in [0.05, 0.1) is 5.56 Å². The second-order valence-corrected chi connectivity index (χ2v) is 5.01. The number of hydrogen-bond acceptors (Lipinski definition) is 1. The molecule has 0 unspecified atom stereocenters. The Kier molecular flexibility index (Phi) is 2.83. The van der Waals surface area contributed by atoms with Crippen LogP contribution in [0.3, 0.4) is 0 Å². The first-order valence-electron chi connectivity index (χ1n) is 6.53. The summed E-state index contributed by atoms with van der Waals surface area (Å²) in [5, 5.41) is 2.39. The largest absolute Gasteiger partial charge is 0.366 e. The molecule has 1 amide bonds. The molecule has 0 radical (unpaired) electrons. The molecule has 3 nitrogen and oxygen atoms in total. The molecule has 0 fully saturated rings. The molecule has 0 spiro atoms. The molecule has 2 N–H and O–H groups in total. The van der Waals surface area contributed by atoms with Crippen LogP contribution in [0.1, 0.15) is 16.1 Å². The van der Waals surface area contributed by atoms with Crippen molar-refractivity contribution in [1.29, 1.82) is 0 Å². The fourth-order valence-corrected chi connectivity index (χ4v) is 2.57. The van der Waals surface area contributed by atoms with Crippen LogP contribution in [0.4, 0.5) is 0 Å². The van der Waals surface area contributed by atoms with Crippen LogP contribution >= 0.6 is 0 Å². The smallest absolute Gasteiger partial charge is 0.250 e. The molecule has 20 heavy (non-hydrogen) atoms.